The monoisotopic (exact) mass is 425 g/mol. The Labute approximate surface area is 181 Å². The minimum Gasteiger partial charge on any atom is -0.447 e. The number of cyclic esters (lactones) is 1. The van der Waals surface area contributed by atoms with E-state index in [2.05, 4.69) is 29.8 Å². The number of hydrogen-bond donors (Lipinski definition) is 1. The highest BCUT2D eigenvalue weighted by Crippen LogP contribution is 2.23. The summed E-state index contributed by atoms with van der Waals surface area (Å²) in [4.78, 5) is 39.2. The molecule has 2 aromatic rings. The van der Waals surface area contributed by atoms with Gasteiger partial charge < -0.3 is 19.6 Å². The summed E-state index contributed by atoms with van der Waals surface area (Å²) in [5, 5.41) is 9.41. The summed E-state index contributed by atoms with van der Waals surface area (Å²) in [6.07, 6.45) is 0.927. The zero-order valence-corrected chi connectivity index (χ0v) is 18.0. The van der Waals surface area contributed by atoms with Crippen molar-refractivity contribution >= 4 is 23.6 Å². The molecule has 2 fully saturated rings. The molecule has 9 nitrogen and oxygen atoms in total. The van der Waals surface area contributed by atoms with Crippen LogP contribution in [0.5, 0.6) is 0 Å². The highest BCUT2D eigenvalue weighted by Gasteiger charge is 2.34. The number of aryl methyl sites for hydroxylation is 3. The van der Waals surface area contributed by atoms with E-state index in [9.17, 15) is 14.7 Å². The van der Waals surface area contributed by atoms with E-state index in [4.69, 9.17) is 9.72 Å². The number of amides is 2. The Morgan fingerprint density at radius 2 is 1.90 bits per heavy atom. The number of carbonyl (C=O) groups excluding carboxylic acids is 2. The Bertz CT molecular complexity index is 986. The van der Waals surface area contributed by atoms with Crippen LogP contribution in [0.4, 0.5) is 16.4 Å². The van der Waals surface area contributed by atoms with Gasteiger partial charge in [-0.2, -0.15) is 0 Å². The fraction of sp³-hybridized carbons (Fsp3) is 0.455. The number of nitrogens with zero attached hydrogens (tertiary/aromatic N) is 5. The lowest BCUT2D eigenvalue weighted by Gasteiger charge is -2.36. The van der Waals surface area contributed by atoms with Crippen LogP contribution < -0.4 is 9.80 Å². The van der Waals surface area contributed by atoms with Gasteiger partial charge in [0, 0.05) is 38.1 Å². The molecule has 0 aliphatic carbocycles. The van der Waals surface area contributed by atoms with E-state index >= 15 is 0 Å². The summed E-state index contributed by atoms with van der Waals surface area (Å²) in [5.41, 5.74) is 3.81. The standard InChI is InChI=1S/C22H27N5O4/c1-14-10-15(2)20(24-16(14)3)25-6-8-26(9-7-25)21(29)17-4-5-19(23-11-17)27-18(12-28)13-31-22(27)30/h4-5,10-11,18,28H,6-9,12-13H2,1-3H3/t18-/m1/s1. The van der Waals surface area contributed by atoms with Crippen LogP contribution in [0.25, 0.3) is 0 Å². The Kier molecular flexibility index (Phi) is 5.77. The Hall–Kier alpha value is -3.20. The summed E-state index contributed by atoms with van der Waals surface area (Å²) in [6, 6.07) is 4.96. The van der Waals surface area contributed by atoms with Gasteiger partial charge in [-0.25, -0.2) is 14.8 Å². The summed E-state index contributed by atoms with van der Waals surface area (Å²) < 4.78 is 4.97. The molecule has 2 aliphatic heterocycles. The summed E-state index contributed by atoms with van der Waals surface area (Å²) in [7, 11) is 0. The van der Waals surface area contributed by atoms with Crippen molar-refractivity contribution < 1.29 is 19.4 Å². The van der Waals surface area contributed by atoms with Crippen LogP contribution >= 0.6 is 0 Å². The predicted octanol–water partition coefficient (Wildman–Crippen LogP) is 1.68. The summed E-state index contributed by atoms with van der Waals surface area (Å²) >= 11 is 0. The third-order valence-corrected chi connectivity index (χ3v) is 5.91. The van der Waals surface area contributed by atoms with Crippen LogP contribution in [0.3, 0.4) is 0 Å². The van der Waals surface area contributed by atoms with Gasteiger partial charge in [-0.3, -0.25) is 9.69 Å². The van der Waals surface area contributed by atoms with Crippen LogP contribution in [-0.4, -0.2) is 77.4 Å². The molecule has 0 radical (unpaired) electrons. The number of hydrogen-bond acceptors (Lipinski definition) is 7. The number of carbonyl (C=O) groups is 2. The first-order valence-corrected chi connectivity index (χ1v) is 10.4. The van der Waals surface area contributed by atoms with E-state index < -0.39 is 12.1 Å². The molecule has 0 unspecified atom stereocenters. The number of anilines is 2. The van der Waals surface area contributed by atoms with Gasteiger partial charge in [-0.05, 0) is 44.0 Å². The molecule has 9 heteroatoms. The van der Waals surface area contributed by atoms with Gasteiger partial charge in [0.25, 0.3) is 5.91 Å². The molecular weight excluding hydrogens is 398 g/mol. The van der Waals surface area contributed by atoms with Crippen molar-refractivity contribution in [1.29, 1.82) is 0 Å². The molecule has 31 heavy (non-hydrogen) atoms. The van der Waals surface area contributed by atoms with Crippen LogP contribution in [0.15, 0.2) is 24.4 Å². The van der Waals surface area contributed by atoms with Crippen molar-refractivity contribution in [3.05, 3.63) is 46.8 Å². The number of aromatic nitrogens is 2. The first kappa shape index (κ1) is 21.0. The average molecular weight is 425 g/mol. The van der Waals surface area contributed by atoms with Crippen molar-refractivity contribution in [2.45, 2.75) is 26.8 Å². The molecule has 0 aromatic carbocycles. The maximum absolute atomic E-state index is 12.9. The number of rotatable bonds is 4. The predicted molar refractivity (Wildman–Crippen MR) is 116 cm³/mol. The van der Waals surface area contributed by atoms with Crippen molar-refractivity contribution in [2.24, 2.45) is 0 Å². The van der Waals surface area contributed by atoms with E-state index in [0.29, 0.717) is 37.6 Å². The van der Waals surface area contributed by atoms with Crippen molar-refractivity contribution in [1.82, 2.24) is 14.9 Å². The lowest BCUT2D eigenvalue weighted by Crippen LogP contribution is -2.49. The highest BCUT2D eigenvalue weighted by atomic mass is 16.6. The second-order valence-electron chi connectivity index (χ2n) is 8.00. The average Bonchev–Trinajstić information content (AvgIpc) is 3.16. The zero-order valence-electron chi connectivity index (χ0n) is 18.0. The summed E-state index contributed by atoms with van der Waals surface area (Å²) in [5.74, 6) is 1.25. The Morgan fingerprint density at radius 3 is 2.55 bits per heavy atom. The topological polar surface area (TPSA) is 99.1 Å². The minimum atomic E-state index is -0.544. The first-order chi connectivity index (χ1) is 14.9. The van der Waals surface area contributed by atoms with Crippen LogP contribution in [-0.2, 0) is 4.74 Å². The van der Waals surface area contributed by atoms with Gasteiger partial charge in [-0.1, -0.05) is 6.07 Å². The maximum Gasteiger partial charge on any atom is 0.416 e. The molecule has 4 rings (SSSR count). The molecule has 0 saturated carbocycles. The smallest absolute Gasteiger partial charge is 0.416 e. The van der Waals surface area contributed by atoms with Crippen molar-refractivity contribution in [3.63, 3.8) is 0 Å². The first-order valence-electron chi connectivity index (χ1n) is 10.4. The van der Waals surface area contributed by atoms with E-state index in [1.165, 1.54) is 16.7 Å². The fourth-order valence-corrected chi connectivity index (χ4v) is 3.98. The molecule has 2 amide bonds. The van der Waals surface area contributed by atoms with E-state index in [-0.39, 0.29) is 19.1 Å². The van der Waals surface area contributed by atoms with Crippen molar-refractivity contribution in [3.8, 4) is 0 Å². The molecule has 4 heterocycles. The van der Waals surface area contributed by atoms with Gasteiger partial charge in [-0.15, -0.1) is 0 Å². The van der Waals surface area contributed by atoms with E-state index in [1.54, 1.807) is 12.1 Å². The van der Waals surface area contributed by atoms with Gasteiger partial charge in [0.15, 0.2) is 0 Å². The third kappa shape index (κ3) is 4.05. The third-order valence-electron chi connectivity index (χ3n) is 5.91. The Balaban J connectivity index is 1.41. The zero-order chi connectivity index (χ0) is 22.1. The normalized spacial score (nSPS) is 19.0. The molecule has 2 aliphatic rings. The lowest BCUT2D eigenvalue weighted by molar-refractivity contribution is 0.0746. The summed E-state index contributed by atoms with van der Waals surface area (Å²) in [6.45, 7) is 8.67. The van der Waals surface area contributed by atoms with Gasteiger partial charge in [0.05, 0.1) is 18.2 Å². The molecule has 164 valence electrons. The van der Waals surface area contributed by atoms with E-state index in [1.807, 2.05) is 11.8 Å². The molecular formula is C22H27N5O4. The quantitative estimate of drug-likeness (QED) is 0.796. The molecule has 2 saturated heterocycles. The molecule has 0 spiro atoms. The van der Waals surface area contributed by atoms with Gasteiger partial charge >= 0.3 is 6.09 Å². The van der Waals surface area contributed by atoms with Gasteiger partial charge in [0.2, 0.25) is 0 Å². The molecule has 0 bridgehead atoms. The molecule has 1 N–H and O–H groups in total. The lowest BCUT2D eigenvalue weighted by atomic mass is 10.1. The number of pyridine rings is 2. The second kappa shape index (κ2) is 8.50. The number of aliphatic hydroxyl groups is 1. The van der Waals surface area contributed by atoms with Crippen molar-refractivity contribution in [2.75, 3.05) is 49.2 Å². The highest BCUT2D eigenvalue weighted by molar-refractivity contribution is 5.95. The van der Waals surface area contributed by atoms with Crippen LogP contribution in [0.1, 0.15) is 27.2 Å². The largest absolute Gasteiger partial charge is 0.447 e. The van der Waals surface area contributed by atoms with E-state index in [0.717, 1.165) is 17.1 Å². The Morgan fingerprint density at radius 1 is 1.16 bits per heavy atom. The second-order valence-corrected chi connectivity index (χ2v) is 8.00. The van der Waals surface area contributed by atoms with Crippen LogP contribution in [0, 0.1) is 20.8 Å². The number of aliphatic hydroxyl groups excluding tert-OH is 1. The SMILES string of the molecule is Cc1cc(C)c(N2CCN(C(=O)c3ccc(N4C(=O)OC[C@H]4CO)nc3)CC2)nc1C. The van der Waals surface area contributed by atoms with Gasteiger partial charge in [0.1, 0.15) is 18.2 Å². The van der Waals surface area contributed by atoms with Crippen LogP contribution in [0.2, 0.25) is 0 Å². The maximum atomic E-state index is 12.9. The molecule has 2 aromatic heterocycles. The number of ether oxygens (including phenoxy) is 1. The number of piperazine rings is 1. The molecule has 1 atom stereocenters. The fourth-order valence-electron chi connectivity index (χ4n) is 3.98. The minimum absolute atomic E-state index is 0.0915.